The van der Waals surface area contributed by atoms with E-state index in [9.17, 15) is 9.59 Å². The highest BCUT2D eigenvalue weighted by atomic mass is 16.5. The average Bonchev–Trinajstić information content (AvgIpc) is 2.52. The van der Waals surface area contributed by atoms with E-state index < -0.39 is 6.09 Å². The van der Waals surface area contributed by atoms with E-state index in [2.05, 4.69) is 5.32 Å². The summed E-state index contributed by atoms with van der Waals surface area (Å²) >= 11 is 0. The van der Waals surface area contributed by atoms with E-state index in [4.69, 9.17) is 9.94 Å². The maximum Gasteiger partial charge on any atom is 0.407 e. The van der Waals surface area contributed by atoms with Crippen molar-refractivity contribution in [2.75, 3.05) is 6.54 Å². The molecule has 0 aliphatic heterocycles. The van der Waals surface area contributed by atoms with Crippen LogP contribution in [0.15, 0.2) is 30.3 Å². The van der Waals surface area contributed by atoms with Crippen molar-refractivity contribution in [3.05, 3.63) is 35.9 Å². The largest absolute Gasteiger partial charge is 0.445 e. The fourth-order valence-corrected chi connectivity index (χ4v) is 1.78. The minimum Gasteiger partial charge on any atom is -0.445 e. The Labute approximate surface area is 124 Å². The first-order chi connectivity index (χ1) is 10.2. The zero-order valence-electron chi connectivity index (χ0n) is 12.0. The molecule has 0 fully saturated rings. The zero-order valence-corrected chi connectivity index (χ0v) is 12.0. The molecule has 6 heteroatoms. The number of hydrogen-bond acceptors (Lipinski definition) is 4. The normalized spacial score (nSPS) is 9.95. The van der Waals surface area contributed by atoms with Crippen molar-refractivity contribution in [3.63, 3.8) is 0 Å². The molecule has 0 aromatic heterocycles. The van der Waals surface area contributed by atoms with Crippen LogP contribution in [0, 0.1) is 0 Å². The molecule has 1 aromatic rings. The Morgan fingerprint density at radius 1 is 1.05 bits per heavy atom. The lowest BCUT2D eigenvalue weighted by atomic mass is 10.1. The molecule has 0 atom stereocenters. The van der Waals surface area contributed by atoms with Crippen LogP contribution < -0.4 is 10.8 Å². The number of benzene rings is 1. The molecule has 0 spiro atoms. The number of carbonyl (C=O) groups excluding carboxylic acids is 2. The maximum absolute atomic E-state index is 11.4. The number of ether oxygens (including phenoxy) is 1. The lowest BCUT2D eigenvalue weighted by molar-refractivity contribution is -0.129. The van der Waals surface area contributed by atoms with Crippen LogP contribution in [0.4, 0.5) is 4.79 Å². The van der Waals surface area contributed by atoms with Crippen LogP contribution in [0.2, 0.25) is 0 Å². The van der Waals surface area contributed by atoms with Gasteiger partial charge < -0.3 is 10.1 Å². The van der Waals surface area contributed by atoms with Gasteiger partial charge in [0.2, 0.25) is 5.91 Å². The van der Waals surface area contributed by atoms with Gasteiger partial charge in [0.05, 0.1) is 0 Å². The molecular formula is C15H22N2O4. The van der Waals surface area contributed by atoms with Crippen LogP contribution in [0.25, 0.3) is 0 Å². The van der Waals surface area contributed by atoms with E-state index in [1.807, 2.05) is 30.3 Å². The number of unbranched alkanes of at least 4 members (excludes halogenated alkanes) is 3. The van der Waals surface area contributed by atoms with Gasteiger partial charge in [0, 0.05) is 13.0 Å². The Balaban J connectivity index is 1.95. The van der Waals surface area contributed by atoms with Gasteiger partial charge in [-0.05, 0) is 18.4 Å². The van der Waals surface area contributed by atoms with E-state index in [0.717, 1.165) is 31.2 Å². The third-order valence-corrected chi connectivity index (χ3v) is 2.94. The van der Waals surface area contributed by atoms with E-state index >= 15 is 0 Å². The molecule has 2 amide bonds. The summed E-state index contributed by atoms with van der Waals surface area (Å²) in [7, 11) is 0. The van der Waals surface area contributed by atoms with E-state index in [1.165, 1.54) is 0 Å². The summed E-state index contributed by atoms with van der Waals surface area (Å²) in [5, 5.41) is 11.0. The Hall–Kier alpha value is -2.08. The Bertz CT molecular complexity index is 423. The Morgan fingerprint density at radius 2 is 1.76 bits per heavy atom. The second kappa shape index (κ2) is 10.7. The molecule has 0 aliphatic carbocycles. The summed E-state index contributed by atoms with van der Waals surface area (Å²) in [5.74, 6) is -0.363. The highest BCUT2D eigenvalue weighted by Crippen LogP contribution is 2.03. The Morgan fingerprint density at radius 3 is 2.48 bits per heavy atom. The number of alkyl carbamates (subject to hydrolysis) is 1. The van der Waals surface area contributed by atoms with Gasteiger partial charge in [0.1, 0.15) is 6.61 Å². The number of carbonyl (C=O) groups is 2. The van der Waals surface area contributed by atoms with Crippen molar-refractivity contribution < 1.29 is 19.5 Å². The molecule has 0 aliphatic rings. The molecule has 6 nitrogen and oxygen atoms in total. The summed E-state index contributed by atoms with van der Waals surface area (Å²) in [6.07, 6.45) is 3.26. The van der Waals surface area contributed by atoms with Gasteiger partial charge in [0.15, 0.2) is 0 Å². The first-order valence-electron chi connectivity index (χ1n) is 7.10. The van der Waals surface area contributed by atoms with Crippen molar-refractivity contribution in [1.82, 2.24) is 10.8 Å². The first kappa shape index (κ1) is 17.0. The third-order valence-electron chi connectivity index (χ3n) is 2.94. The summed E-state index contributed by atoms with van der Waals surface area (Å²) in [4.78, 5) is 22.2. The number of rotatable bonds is 9. The van der Waals surface area contributed by atoms with Crippen LogP contribution in [-0.2, 0) is 16.1 Å². The van der Waals surface area contributed by atoms with Crippen LogP contribution >= 0.6 is 0 Å². The quantitative estimate of drug-likeness (QED) is 0.371. The van der Waals surface area contributed by atoms with Crippen LogP contribution in [0.5, 0.6) is 0 Å². The van der Waals surface area contributed by atoms with Gasteiger partial charge >= 0.3 is 6.09 Å². The lowest BCUT2D eigenvalue weighted by Crippen LogP contribution is -2.25. The maximum atomic E-state index is 11.4. The fraction of sp³-hybridized carbons (Fsp3) is 0.467. The molecule has 0 unspecified atom stereocenters. The molecule has 1 rings (SSSR count). The molecule has 0 saturated carbocycles. The predicted octanol–water partition coefficient (Wildman–Crippen LogP) is 2.37. The zero-order chi connectivity index (χ0) is 15.3. The van der Waals surface area contributed by atoms with Crippen LogP contribution in [0.3, 0.4) is 0 Å². The molecule has 21 heavy (non-hydrogen) atoms. The molecule has 3 N–H and O–H groups in total. The van der Waals surface area contributed by atoms with Crippen LogP contribution in [-0.4, -0.2) is 23.8 Å². The molecule has 0 radical (unpaired) electrons. The number of hydrogen-bond donors (Lipinski definition) is 3. The average molecular weight is 294 g/mol. The third kappa shape index (κ3) is 8.65. The van der Waals surface area contributed by atoms with Gasteiger partial charge in [-0.1, -0.05) is 43.2 Å². The van der Waals surface area contributed by atoms with Gasteiger partial charge in [0.25, 0.3) is 0 Å². The smallest absolute Gasteiger partial charge is 0.407 e. The van der Waals surface area contributed by atoms with E-state index in [1.54, 1.807) is 5.48 Å². The van der Waals surface area contributed by atoms with Gasteiger partial charge in [-0.15, -0.1) is 0 Å². The van der Waals surface area contributed by atoms with Crippen LogP contribution in [0.1, 0.15) is 37.7 Å². The first-order valence-corrected chi connectivity index (χ1v) is 7.10. The number of hydroxylamine groups is 1. The minimum absolute atomic E-state index is 0.267. The van der Waals surface area contributed by atoms with Crippen molar-refractivity contribution in [1.29, 1.82) is 0 Å². The molecular weight excluding hydrogens is 272 g/mol. The summed E-state index contributed by atoms with van der Waals surface area (Å²) in [5.41, 5.74) is 2.55. The highest BCUT2D eigenvalue weighted by Gasteiger charge is 2.02. The summed E-state index contributed by atoms with van der Waals surface area (Å²) in [6.45, 7) is 0.822. The molecule has 0 saturated heterocycles. The highest BCUT2D eigenvalue weighted by molar-refractivity contribution is 5.74. The van der Waals surface area contributed by atoms with E-state index in [-0.39, 0.29) is 12.5 Å². The SMILES string of the molecule is O=C(CCCCCCNC(=O)OCc1ccccc1)NO. The minimum atomic E-state index is -0.418. The van der Waals surface area contributed by atoms with Crippen molar-refractivity contribution in [2.24, 2.45) is 0 Å². The number of nitrogens with one attached hydrogen (secondary N) is 2. The second-order valence-electron chi connectivity index (χ2n) is 4.69. The van der Waals surface area contributed by atoms with Crippen molar-refractivity contribution >= 4 is 12.0 Å². The van der Waals surface area contributed by atoms with Crippen molar-refractivity contribution in [2.45, 2.75) is 38.7 Å². The van der Waals surface area contributed by atoms with E-state index in [0.29, 0.717) is 13.0 Å². The Kier molecular flexibility index (Phi) is 8.63. The summed E-state index contributed by atoms with van der Waals surface area (Å²) in [6, 6.07) is 9.50. The van der Waals surface area contributed by atoms with Crippen molar-refractivity contribution in [3.8, 4) is 0 Å². The predicted molar refractivity (Wildman–Crippen MR) is 77.6 cm³/mol. The van der Waals surface area contributed by atoms with Gasteiger partial charge in [-0.2, -0.15) is 0 Å². The molecule has 0 heterocycles. The standard InChI is InChI=1S/C15H22N2O4/c18-14(17-20)10-6-1-2-7-11-16-15(19)21-12-13-8-4-3-5-9-13/h3-5,8-9,20H,1-2,6-7,10-12H2,(H,16,19)(H,17,18). The molecule has 1 aromatic carbocycles. The van der Waals surface area contributed by atoms with Gasteiger partial charge in [-0.25, -0.2) is 10.3 Å². The lowest BCUT2D eigenvalue weighted by Gasteiger charge is -2.07. The molecule has 0 bridgehead atoms. The molecule has 116 valence electrons. The van der Waals surface area contributed by atoms with Gasteiger partial charge in [-0.3, -0.25) is 10.0 Å². The monoisotopic (exact) mass is 294 g/mol. The topological polar surface area (TPSA) is 87.7 Å². The second-order valence-corrected chi connectivity index (χ2v) is 4.69. The summed E-state index contributed by atoms with van der Waals surface area (Å²) < 4.78 is 5.07. The number of amides is 2. The fourth-order valence-electron chi connectivity index (χ4n) is 1.78.